The minimum Gasteiger partial charge on any atom is -0.480 e. The second kappa shape index (κ2) is 10.1. The first-order chi connectivity index (χ1) is 9.81. The summed E-state index contributed by atoms with van der Waals surface area (Å²) in [6.07, 6.45) is 0.167. The van der Waals surface area contributed by atoms with Crippen LogP contribution in [0.3, 0.4) is 0 Å². The normalized spacial score (nSPS) is 13.0. The van der Waals surface area contributed by atoms with Gasteiger partial charge >= 0.3 is 11.9 Å². The van der Waals surface area contributed by atoms with Gasteiger partial charge in [0.25, 0.3) is 0 Å². The van der Waals surface area contributed by atoms with Crippen molar-refractivity contribution < 1.29 is 24.6 Å². The molecule has 0 aliphatic heterocycles. The molecule has 120 valence electrons. The molecular weight excluding hydrogens is 298 g/mol. The Hall–Kier alpha value is -1.74. The van der Waals surface area contributed by atoms with Gasteiger partial charge in [-0.05, 0) is 13.5 Å². The van der Waals surface area contributed by atoms with Crippen molar-refractivity contribution in [3.05, 3.63) is 12.3 Å². The molecule has 0 aliphatic rings. The van der Waals surface area contributed by atoms with Crippen LogP contribution in [-0.2, 0) is 14.4 Å². The molecule has 0 saturated carbocycles. The standard InChI is InChI=1S/C12H21N3O5S/c1-7(14-5-11(17)18)9(6-21)15-10(16)4-3-8(13-2)12(19)20/h8-9,13-14,21H,1,3-6H2,2H3,(H,15,16)(H,17,18)(H,19,20). The molecule has 0 aromatic heterocycles. The van der Waals surface area contributed by atoms with Gasteiger partial charge in [0.05, 0.1) is 6.04 Å². The zero-order chi connectivity index (χ0) is 16.4. The lowest BCUT2D eigenvalue weighted by atomic mass is 10.1. The van der Waals surface area contributed by atoms with Crippen LogP contribution >= 0.6 is 12.6 Å². The van der Waals surface area contributed by atoms with Crippen molar-refractivity contribution in [1.82, 2.24) is 16.0 Å². The number of carboxylic acid groups (broad SMARTS) is 2. The molecule has 1 amide bonds. The summed E-state index contributed by atoms with van der Waals surface area (Å²) in [5.74, 6) is -2.18. The molecule has 0 bridgehead atoms. The fourth-order valence-corrected chi connectivity index (χ4v) is 1.80. The van der Waals surface area contributed by atoms with Crippen molar-refractivity contribution in [1.29, 1.82) is 0 Å². The van der Waals surface area contributed by atoms with Gasteiger partial charge in [-0.2, -0.15) is 12.6 Å². The molecule has 0 spiro atoms. The zero-order valence-electron chi connectivity index (χ0n) is 11.8. The monoisotopic (exact) mass is 319 g/mol. The summed E-state index contributed by atoms with van der Waals surface area (Å²) >= 11 is 4.06. The van der Waals surface area contributed by atoms with E-state index in [4.69, 9.17) is 10.2 Å². The summed E-state index contributed by atoms with van der Waals surface area (Å²) < 4.78 is 0. The fraction of sp³-hybridized carbons (Fsp3) is 0.583. The number of carbonyl (C=O) groups is 3. The molecule has 0 radical (unpaired) electrons. The molecule has 0 rings (SSSR count). The zero-order valence-corrected chi connectivity index (χ0v) is 12.7. The van der Waals surface area contributed by atoms with E-state index in [-0.39, 0.29) is 31.0 Å². The highest BCUT2D eigenvalue weighted by molar-refractivity contribution is 7.80. The Morgan fingerprint density at radius 2 is 1.86 bits per heavy atom. The summed E-state index contributed by atoms with van der Waals surface area (Å²) in [5, 5.41) is 25.2. The summed E-state index contributed by atoms with van der Waals surface area (Å²) in [6.45, 7) is 3.34. The number of nitrogens with one attached hydrogen (secondary N) is 3. The van der Waals surface area contributed by atoms with Crippen molar-refractivity contribution in [2.24, 2.45) is 0 Å². The topological polar surface area (TPSA) is 128 Å². The number of rotatable bonds is 11. The molecule has 0 fully saturated rings. The van der Waals surface area contributed by atoms with Crippen LogP contribution in [-0.4, -0.2) is 59.5 Å². The van der Waals surface area contributed by atoms with Crippen molar-refractivity contribution in [2.45, 2.75) is 24.9 Å². The number of amides is 1. The third kappa shape index (κ3) is 8.20. The molecule has 0 heterocycles. The van der Waals surface area contributed by atoms with E-state index < -0.39 is 24.0 Å². The Bertz CT molecular complexity index is 402. The van der Waals surface area contributed by atoms with Crippen molar-refractivity contribution >= 4 is 30.5 Å². The minimum atomic E-state index is -1.04. The van der Waals surface area contributed by atoms with Crippen LogP contribution < -0.4 is 16.0 Å². The molecule has 9 heteroatoms. The molecule has 2 atom stereocenters. The van der Waals surface area contributed by atoms with Crippen LogP contribution in [0.1, 0.15) is 12.8 Å². The molecule has 0 aromatic carbocycles. The Labute approximate surface area is 128 Å². The first-order valence-corrected chi connectivity index (χ1v) is 6.89. The number of thiol groups is 1. The van der Waals surface area contributed by atoms with Crippen molar-refractivity contribution in [2.75, 3.05) is 19.3 Å². The molecular formula is C12H21N3O5S. The maximum absolute atomic E-state index is 11.7. The van der Waals surface area contributed by atoms with Gasteiger partial charge in [0.15, 0.2) is 0 Å². The van der Waals surface area contributed by atoms with E-state index in [0.717, 1.165) is 0 Å². The number of hydrogen-bond donors (Lipinski definition) is 6. The Morgan fingerprint density at radius 3 is 2.29 bits per heavy atom. The van der Waals surface area contributed by atoms with Crippen LogP contribution in [0.2, 0.25) is 0 Å². The highest BCUT2D eigenvalue weighted by Crippen LogP contribution is 2.02. The maximum atomic E-state index is 11.7. The summed E-state index contributed by atoms with van der Waals surface area (Å²) in [5.41, 5.74) is 0.337. The average molecular weight is 319 g/mol. The quantitative estimate of drug-likeness (QED) is 0.271. The fourth-order valence-electron chi connectivity index (χ4n) is 1.49. The van der Waals surface area contributed by atoms with E-state index in [1.807, 2.05) is 0 Å². The lowest BCUT2D eigenvalue weighted by molar-refractivity contribution is -0.139. The second-order valence-electron chi connectivity index (χ2n) is 4.29. The van der Waals surface area contributed by atoms with Crippen molar-refractivity contribution in [3.63, 3.8) is 0 Å². The Morgan fingerprint density at radius 1 is 1.24 bits per heavy atom. The van der Waals surface area contributed by atoms with Gasteiger partial charge in [0.2, 0.25) is 5.91 Å². The number of hydrogen-bond acceptors (Lipinski definition) is 6. The van der Waals surface area contributed by atoms with E-state index >= 15 is 0 Å². The molecule has 5 N–H and O–H groups in total. The smallest absolute Gasteiger partial charge is 0.322 e. The van der Waals surface area contributed by atoms with Gasteiger partial charge in [-0.3, -0.25) is 14.4 Å². The summed E-state index contributed by atoms with van der Waals surface area (Å²) in [6, 6.07) is -1.32. The van der Waals surface area contributed by atoms with Gasteiger partial charge in [-0.15, -0.1) is 0 Å². The molecule has 0 aromatic rings. The van der Waals surface area contributed by atoms with E-state index in [1.165, 1.54) is 7.05 Å². The van der Waals surface area contributed by atoms with Crippen LogP contribution in [0.4, 0.5) is 0 Å². The largest absolute Gasteiger partial charge is 0.480 e. The van der Waals surface area contributed by atoms with Gasteiger partial charge in [0, 0.05) is 17.9 Å². The first kappa shape index (κ1) is 19.3. The lowest BCUT2D eigenvalue weighted by Gasteiger charge is -2.20. The number of carbonyl (C=O) groups excluding carboxylic acids is 1. The molecule has 21 heavy (non-hydrogen) atoms. The van der Waals surface area contributed by atoms with E-state index in [2.05, 4.69) is 35.2 Å². The average Bonchev–Trinajstić information content (AvgIpc) is 2.42. The van der Waals surface area contributed by atoms with E-state index in [0.29, 0.717) is 5.70 Å². The minimum absolute atomic E-state index is 0.0221. The van der Waals surface area contributed by atoms with Gasteiger partial charge in [0.1, 0.15) is 12.6 Å². The Kier molecular flexibility index (Phi) is 9.22. The maximum Gasteiger partial charge on any atom is 0.322 e. The third-order valence-electron chi connectivity index (χ3n) is 2.71. The molecule has 0 aliphatic carbocycles. The van der Waals surface area contributed by atoms with Crippen LogP contribution in [0.5, 0.6) is 0 Å². The SMILES string of the molecule is C=C(NCC(=O)O)C(CS)NC(=O)CCC(NC)C(=O)O. The highest BCUT2D eigenvalue weighted by Gasteiger charge is 2.19. The van der Waals surface area contributed by atoms with Gasteiger partial charge in [-0.25, -0.2) is 0 Å². The van der Waals surface area contributed by atoms with Gasteiger partial charge in [-0.1, -0.05) is 6.58 Å². The van der Waals surface area contributed by atoms with E-state index in [1.54, 1.807) is 0 Å². The van der Waals surface area contributed by atoms with Crippen molar-refractivity contribution in [3.8, 4) is 0 Å². The van der Waals surface area contributed by atoms with Gasteiger partial charge < -0.3 is 26.2 Å². The molecule has 0 saturated heterocycles. The second-order valence-corrected chi connectivity index (χ2v) is 4.66. The van der Waals surface area contributed by atoms with Crippen LogP contribution in [0, 0.1) is 0 Å². The summed E-state index contributed by atoms with van der Waals surface area (Å²) in [7, 11) is 1.50. The number of carboxylic acids is 2. The summed E-state index contributed by atoms with van der Waals surface area (Å²) in [4.78, 5) is 33.0. The highest BCUT2D eigenvalue weighted by atomic mass is 32.1. The third-order valence-corrected chi connectivity index (χ3v) is 3.08. The van der Waals surface area contributed by atoms with E-state index in [9.17, 15) is 14.4 Å². The molecule has 8 nitrogen and oxygen atoms in total. The number of aliphatic carboxylic acids is 2. The number of likely N-dealkylation sites (N-methyl/N-ethyl adjacent to an activating group) is 1. The predicted octanol–water partition coefficient (Wildman–Crippen LogP) is -0.958. The van der Waals surface area contributed by atoms with Crippen LogP contribution in [0.15, 0.2) is 12.3 Å². The Balaban J connectivity index is 4.29. The molecule has 2 unspecified atom stereocenters. The van der Waals surface area contributed by atoms with Crippen LogP contribution in [0.25, 0.3) is 0 Å². The lowest BCUT2D eigenvalue weighted by Crippen LogP contribution is -2.43. The first-order valence-electron chi connectivity index (χ1n) is 6.26. The predicted molar refractivity (Wildman–Crippen MR) is 80.3 cm³/mol.